The number of hydrogen-bond donors (Lipinski definition) is 2. The Bertz CT molecular complexity index is 553. The van der Waals surface area contributed by atoms with Crippen LogP contribution < -0.4 is 10.6 Å². The van der Waals surface area contributed by atoms with Crippen LogP contribution in [0.15, 0.2) is 30.3 Å². The number of rotatable bonds is 6. The van der Waals surface area contributed by atoms with Crippen LogP contribution in [0, 0.1) is 11.8 Å². The fourth-order valence-electron chi connectivity index (χ4n) is 3.43. The van der Waals surface area contributed by atoms with Gasteiger partial charge in [-0.1, -0.05) is 51.3 Å². The van der Waals surface area contributed by atoms with E-state index in [1.807, 2.05) is 51.2 Å². The SMILES string of the molecule is CC(C)C(NC(=O)Nc1ccccc1)C(=O)N(C)CC1CCCCC1. The molecule has 0 aromatic heterocycles. The molecule has 0 aliphatic heterocycles. The Balaban J connectivity index is 1.91. The molecule has 1 fully saturated rings. The van der Waals surface area contributed by atoms with Crippen molar-refractivity contribution in [3.63, 3.8) is 0 Å². The number of nitrogens with zero attached hydrogens (tertiary/aromatic N) is 1. The number of hydrogen-bond acceptors (Lipinski definition) is 2. The Kier molecular flexibility index (Phi) is 7.29. The molecule has 2 rings (SSSR count). The van der Waals surface area contributed by atoms with Crippen molar-refractivity contribution in [2.75, 3.05) is 18.9 Å². The normalized spacial score (nSPS) is 16.3. The Morgan fingerprint density at radius 1 is 1.12 bits per heavy atom. The zero-order valence-electron chi connectivity index (χ0n) is 15.6. The van der Waals surface area contributed by atoms with Crippen LogP contribution >= 0.6 is 0 Å². The maximum Gasteiger partial charge on any atom is 0.319 e. The summed E-state index contributed by atoms with van der Waals surface area (Å²) in [4.78, 5) is 26.9. The Morgan fingerprint density at radius 3 is 2.36 bits per heavy atom. The van der Waals surface area contributed by atoms with Crippen LogP contribution in [0.5, 0.6) is 0 Å². The van der Waals surface area contributed by atoms with E-state index in [1.54, 1.807) is 4.90 Å². The maximum absolute atomic E-state index is 12.8. The maximum atomic E-state index is 12.8. The first-order valence-electron chi connectivity index (χ1n) is 9.35. The molecule has 1 atom stereocenters. The molecule has 1 aromatic carbocycles. The van der Waals surface area contributed by atoms with Crippen molar-refractivity contribution in [1.82, 2.24) is 10.2 Å². The second-order valence-electron chi connectivity index (χ2n) is 7.41. The first kappa shape index (κ1) is 19.3. The second-order valence-corrected chi connectivity index (χ2v) is 7.41. The number of nitrogens with one attached hydrogen (secondary N) is 2. The molecular weight excluding hydrogens is 314 g/mol. The monoisotopic (exact) mass is 345 g/mol. The summed E-state index contributed by atoms with van der Waals surface area (Å²) in [5.41, 5.74) is 0.713. The smallest absolute Gasteiger partial charge is 0.319 e. The van der Waals surface area contributed by atoms with Crippen molar-refractivity contribution in [1.29, 1.82) is 0 Å². The van der Waals surface area contributed by atoms with Gasteiger partial charge in [-0.2, -0.15) is 0 Å². The zero-order valence-corrected chi connectivity index (χ0v) is 15.6. The summed E-state index contributed by atoms with van der Waals surface area (Å²) < 4.78 is 0. The standard InChI is InChI=1S/C20H31N3O2/c1-15(2)18(22-20(25)21-17-12-8-5-9-13-17)19(24)23(3)14-16-10-6-4-7-11-16/h5,8-9,12-13,15-16,18H,4,6-7,10-11,14H2,1-3H3,(H2,21,22,25). The third kappa shape index (κ3) is 6.07. The van der Waals surface area contributed by atoms with E-state index in [1.165, 1.54) is 32.1 Å². The van der Waals surface area contributed by atoms with Crippen LogP contribution in [0.4, 0.5) is 10.5 Å². The molecular formula is C20H31N3O2. The third-order valence-corrected chi connectivity index (χ3v) is 4.88. The Morgan fingerprint density at radius 2 is 1.76 bits per heavy atom. The van der Waals surface area contributed by atoms with E-state index >= 15 is 0 Å². The van der Waals surface area contributed by atoms with E-state index < -0.39 is 6.04 Å². The lowest BCUT2D eigenvalue weighted by molar-refractivity contribution is -0.133. The van der Waals surface area contributed by atoms with Crippen LogP contribution in [0.2, 0.25) is 0 Å². The molecule has 0 bridgehead atoms. The predicted octanol–water partition coefficient (Wildman–Crippen LogP) is 3.87. The predicted molar refractivity (Wildman–Crippen MR) is 101 cm³/mol. The Labute approximate surface area is 151 Å². The molecule has 0 radical (unpaired) electrons. The molecule has 25 heavy (non-hydrogen) atoms. The molecule has 1 aromatic rings. The number of carbonyl (C=O) groups excluding carboxylic acids is 2. The van der Waals surface area contributed by atoms with Gasteiger partial charge in [-0.15, -0.1) is 0 Å². The van der Waals surface area contributed by atoms with E-state index in [0.29, 0.717) is 11.6 Å². The number of amides is 3. The molecule has 1 unspecified atom stereocenters. The van der Waals surface area contributed by atoms with Crippen LogP contribution in [-0.4, -0.2) is 36.5 Å². The van der Waals surface area contributed by atoms with Crippen molar-refractivity contribution in [3.05, 3.63) is 30.3 Å². The number of benzene rings is 1. The Hall–Kier alpha value is -2.04. The fourth-order valence-corrected chi connectivity index (χ4v) is 3.43. The molecule has 5 heteroatoms. The second kappa shape index (κ2) is 9.44. The minimum absolute atomic E-state index is 0.0104. The molecule has 0 saturated heterocycles. The number of urea groups is 1. The van der Waals surface area contributed by atoms with Gasteiger partial charge in [-0.3, -0.25) is 4.79 Å². The van der Waals surface area contributed by atoms with Gasteiger partial charge in [0.05, 0.1) is 0 Å². The van der Waals surface area contributed by atoms with Crippen LogP contribution in [-0.2, 0) is 4.79 Å². The first-order chi connectivity index (χ1) is 12.0. The summed E-state index contributed by atoms with van der Waals surface area (Å²) in [6.45, 7) is 4.70. The van der Waals surface area contributed by atoms with E-state index in [4.69, 9.17) is 0 Å². The van der Waals surface area contributed by atoms with Crippen LogP contribution in [0.1, 0.15) is 46.0 Å². The average Bonchev–Trinajstić information content (AvgIpc) is 2.60. The fraction of sp³-hybridized carbons (Fsp3) is 0.600. The minimum atomic E-state index is -0.516. The lowest BCUT2D eigenvalue weighted by Gasteiger charge is -2.31. The molecule has 1 saturated carbocycles. The highest BCUT2D eigenvalue weighted by Crippen LogP contribution is 2.24. The van der Waals surface area contributed by atoms with Crippen LogP contribution in [0.25, 0.3) is 0 Å². The summed E-state index contributed by atoms with van der Waals surface area (Å²) in [6, 6.07) is 8.39. The molecule has 0 spiro atoms. The quantitative estimate of drug-likeness (QED) is 0.822. The lowest BCUT2D eigenvalue weighted by atomic mass is 9.89. The topological polar surface area (TPSA) is 61.4 Å². The summed E-state index contributed by atoms with van der Waals surface area (Å²) in [6.07, 6.45) is 6.23. The van der Waals surface area contributed by atoms with E-state index in [-0.39, 0.29) is 17.9 Å². The van der Waals surface area contributed by atoms with E-state index in [0.717, 1.165) is 6.54 Å². The van der Waals surface area contributed by atoms with Gasteiger partial charge in [0.25, 0.3) is 0 Å². The van der Waals surface area contributed by atoms with Crippen molar-refractivity contribution in [2.45, 2.75) is 52.0 Å². The summed E-state index contributed by atoms with van der Waals surface area (Å²) in [5.74, 6) is 0.611. The third-order valence-electron chi connectivity index (χ3n) is 4.88. The van der Waals surface area contributed by atoms with Crippen molar-refractivity contribution in [2.24, 2.45) is 11.8 Å². The summed E-state index contributed by atoms with van der Waals surface area (Å²) in [5, 5.41) is 5.62. The molecule has 0 heterocycles. The van der Waals surface area contributed by atoms with Gasteiger partial charge in [0.2, 0.25) is 5.91 Å². The highest BCUT2D eigenvalue weighted by atomic mass is 16.2. The van der Waals surface area contributed by atoms with Gasteiger partial charge in [0.1, 0.15) is 6.04 Å². The number of carbonyl (C=O) groups is 2. The molecule has 138 valence electrons. The highest BCUT2D eigenvalue weighted by Gasteiger charge is 2.28. The minimum Gasteiger partial charge on any atom is -0.344 e. The molecule has 1 aliphatic rings. The molecule has 2 N–H and O–H groups in total. The van der Waals surface area contributed by atoms with Crippen molar-refractivity contribution < 1.29 is 9.59 Å². The zero-order chi connectivity index (χ0) is 18.2. The number of anilines is 1. The average molecular weight is 345 g/mol. The molecule has 5 nitrogen and oxygen atoms in total. The van der Waals surface area contributed by atoms with Crippen molar-refractivity contribution >= 4 is 17.6 Å². The number of para-hydroxylation sites is 1. The largest absolute Gasteiger partial charge is 0.344 e. The summed E-state index contributed by atoms with van der Waals surface area (Å²) in [7, 11) is 1.85. The number of likely N-dealkylation sites (N-methyl/N-ethyl adjacent to an activating group) is 1. The van der Waals surface area contributed by atoms with Gasteiger partial charge in [0, 0.05) is 19.3 Å². The van der Waals surface area contributed by atoms with Gasteiger partial charge in [-0.05, 0) is 36.8 Å². The van der Waals surface area contributed by atoms with Gasteiger partial charge in [-0.25, -0.2) is 4.79 Å². The van der Waals surface area contributed by atoms with Gasteiger partial charge < -0.3 is 15.5 Å². The van der Waals surface area contributed by atoms with Gasteiger partial charge in [0.15, 0.2) is 0 Å². The van der Waals surface area contributed by atoms with E-state index in [9.17, 15) is 9.59 Å². The highest BCUT2D eigenvalue weighted by molar-refractivity contribution is 5.93. The lowest BCUT2D eigenvalue weighted by Crippen LogP contribution is -2.52. The molecule has 1 aliphatic carbocycles. The first-order valence-corrected chi connectivity index (χ1v) is 9.35. The van der Waals surface area contributed by atoms with Crippen molar-refractivity contribution in [3.8, 4) is 0 Å². The molecule has 3 amide bonds. The van der Waals surface area contributed by atoms with Crippen LogP contribution in [0.3, 0.4) is 0 Å². The van der Waals surface area contributed by atoms with E-state index in [2.05, 4.69) is 10.6 Å². The summed E-state index contributed by atoms with van der Waals surface area (Å²) >= 11 is 0. The van der Waals surface area contributed by atoms with Gasteiger partial charge >= 0.3 is 6.03 Å².